The number of piperidine rings is 1. The fraction of sp³-hybridized carbons (Fsp3) is 0.409. The number of pyridine rings is 1. The van der Waals surface area contributed by atoms with Crippen LogP contribution in [0.5, 0.6) is 0 Å². The average Bonchev–Trinajstić information content (AvgIpc) is 3.17. The quantitative estimate of drug-likeness (QED) is 0.655. The maximum Gasteiger partial charge on any atom is 0.249 e. The second kappa shape index (κ2) is 8.44. The second-order valence-electron chi connectivity index (χ2n) is 7.45. The zero-order chi connectivity index (χ0) is 18.5. The molecule has 0 bridgehead atoms. The molecule has 5 heteroatoms. The zero-order valence-corrected chi connectivity index (χ0v) is 15.8. The van der Waals surface area contributed by atoms with E-state index in [0.29, 0.717) is 11.8 Å². The lowest BCUT2D eigenvalue weighted by molar-refractivity contribution is 0.150. The van der Waals surface area contributed by atoms with E-state index < -0.39 is 0 Å². The number of aromatic nitrogens is 3. The van der Waals surface area contributed by atoms with Crippen LogP contribution >= 0.6 is 0 Å². The van der Waals surface area contributed by atoms with Gasteiger partial charge in [-0.1, -0.05) is 24.3 Å². The average molecular weight is 362 g/mol. The summed E-state index contributed by atoms with van der Waals surface area (Å²) < 4.78 is 5.85. The van der Waals surface area contributed by atoms with Crippen molar-refractivity contribution in [1.29, 1.82) is 0 Å². The highest BCUT2D eigenvalue weighted by molar-refractivity contribution is 5.49. The topological polar surface area (TPSA) is 55.1 Å². The van der Waals surface area contributed by atoms with E-state index in [9.17, 15) is 0 Å². The molecule has 0 amide bonds. The maximum atomic E-state index is 5.85. The van der Waals surface area contributed by atoms with Crippen LogP contribution < -0.4 is 0 Å². The molecule has 0 saturated carbocycles. The number of hydrogen-bond acceptors (Lipinski definition) is 5. The summed E-state index contributed by atoms with van der Waals surface area (Å²) in [5.74, 6) is 1.97. The fourth-order valence-corrected chi connectivity index (χ4v) is 3.90. The van der Waals surface area contributed by atoms with Gasteiger partial charge in [-0.25, -0.2) is 0 Å². The van der Waals surface area contributed by atoms with Gasteiger partial charge >= 0.3 is 0 Å². The van der Waals surface area contributed by atoms with Gasteiger partial charge < -0.3 is 4.42 Å². The van der Waals surface area contributed by atoms with Crippen molar-refractivity contribution in [2.24, 2.45) is 5.92 Å². The minimum Gasteiger partial charge on any atom is -0.419 e. The lowest BCUT2D eigenvalue weighted by Gasteiger charge is -2.31. The summed E-state index contributed by atoms with van der Waals surface area (Å²) in [6.07, 6.45) is 8.45. The van der Waals surface area contributed by atoms with Crippen molar-refractivity contribution in [3.8, 4) is 11.5 Å². The Morgan fingerprint density at radius 3 is 2.93 bits per heavy atom. The van der Waals surface area contributed by atoms with Gasteiger partial charge in [0.15, 0.2) is 0 Å². The zero-order valence-electron chi connectivity index (χ0n) is 15.8. The molecule has 2 aromatic heterocycles. The SMILES string of the molecule is Cc1ccccc1CC[C@@H]1CCCN(Cc2nnc(-c3cccnc3)o2)C1. The minimum atomic E-state index is 0.547. The Labute approximate surface area is 160 Å². The highest BCUT2D eigenvalue weighted by Crippen LogP contribution is 2.24. The van der Waals surface area contributed by atoms with E-state index in [1.165, 1.54) is 30.4 Å². The Hall–Kier alpha value is -2.53. The summed E-state index contributed by atoms with van der Waals surface area (Å²) >= 11 is 0. The van der Waals surface area contributed by atoms with E-state index >= 15 is 0 Å². The molecular formula is C22H26N4O. The highest BCUT2D eigenvalue weighted by atomic mass is 16.4. The first-order valence-corrected chi connectivity index (χ1v) is 9.77. The van der Waals surface area contributed by atoms with Gasteiger partial charge in [0.1, 0.15) is 0 Å². The van der Waals surface area contributed by atoms with E-state index in [4.69, 9.17) is 4.42 Å². The summed E-state index contributed by atoms with van der Waals surface area (Å²) in [7, 11) is 0. The molecular weight excluding hydrogens is 336 g/mol. The van der Waals surface area contributed by atoms with Gasteiger partial charge in [-0.15, -0.1) is 10.2 Å². The number of benzene rings is 1. The van der Waals surface area contributed by atoms with E-state index in [0.717, 1.165) is 37.5 Å². The number of nitrogens with zero attached hydrogens (tertiary/aromatic N) is 4. The van der Waals surface area contributed by atoms with E-state index in [1.807, 2.05) is 12.1 Å². The first kappa shape index (κ1) is 17.9. The van der Waals surface area contributed by atoms with E-state index in [-0.39, 0.29) is 0 Å². The second-order valence-corrected chi connectivity index (χ2v) is 7.45. The van der Waals surface area contributed by atoms with Crippen molar-refractivity contribution in [2.45, 2.75) is 39.2 Å². The van der Waals surface area contributed by atoms with Crippen LogP contribution in [-0.4, -0.2) is 33.2 Å². The normalized spacial score (nSPS) is 17.9. The molecule has 27 heavy (non-hydrogen) atoms. The van der Waals surface area contributed by atoms with Crippen molar-refractivity contribution in [3.05, 3.63) is 65.8 Å². The monoisotopic (exact) mass is 362 g/mol. The molecule has 3 aromatic rings. The summed E-state index contributed by atoms with van der Waals surface area (Å²) in [5, 5.41) is 8.40. The smallest absolute Gasteiger partial charge is 0.249 e. The molecule has 1 fully saturated rings. The largest absolute Gasteiger partial charge is 0.419 e. The molecule has 3 heterocycles. The predicted molar refractivity (Wildman–Crippen MR) is 105 cm³/mol. The third kappa shape index (κ3) is 4.61. The first-order chi connectivity index (χ1) is 13.3. The van der Waals surface area contributed by atoms with Crippen LogP contribution in [0.2, 0.25) is 0 Å². The molecule has 4 rings (SSSR count). The lowest BCUT2D eigenvalue weighted by atomic mass is 9.90. The Morgan fingerprint density at radius 2 is 2.07 bits per heavy atom. The summed E-state index contributed by atoms with van der Waals surface area (Å²) in [6, 6.07) is 12.5. The number of rotatable bonds is 6. The molecule has 0 aliphatic carbocycles. The van der Waals surface area contributed by atoms with Gasteiger partial charge in [0.05, 0.1) is 12.1 Å². The Balaban J connectivity index is 1.32. The molecule has 1 saturated heterocycles. The van der Waals surface area contributed by atoms with Gasteiger partial charge in [-0.05, 0) is 68.3 Å². The standard InChI is InChI=1S/C22H26N4O/c1-17-6-2-3-8-19(17)11-10-18-7-5-13-26(15-18)16-21-24-25-22(27-21)20-9-4-12-23-14-20/h2-4,6,8-9,12,14,18H,5,7,10-11,13,15-16H2,1H3/t18-/m0/s1. The molecule has 140 valence electrons. The van der Waals surface area contributed by atoms with Crippen LogP contribution in [-0.2, 0) is 13.0 Å². The molecule has 0 unspecified atom stereocenters. The Kier molecular flexibility index (Phi) is 5.58. The van der Waals surface area contributed by atoms with Crippen LogP contribution in [0.4, 0.5) is 0 Å². The number of likely N-dealkylation sites (tertiary alicyclic amines) is 1. The first-order valence-electron chi connectivity index (χ1n) is 9.77. The van der Waals surface area contributed by atoms with Crippen LogP contribution in [0.3, 0.4) is 0 Å². The molecule has 0 N–H and O–H groups in total. The molecule has 1 aliphatic heterocycles. The van der Waals surface area contributed by atoms with Gasteiger partial charge in [0.25, 0.3) is 0 Å². The van der Waals surface area contributed by atoms with E-state index in [2.05, 4.69) is 51.3 Å². The van der Waals surface area contributed by atoms with Crippen molar-refractivity contribution in [2.75, 3.05) is 13.1 Å². The van der Waals surface area contributed by atoms with Crippen LogP contribution in [0.25, 0.3) is 11.5 Å². The van der Waals surface area contributed by atoms with Crippen molar-refractivity contribution >= 4 is 0 Å². The molecule has 1 aromatic carbocycles. The predicted octanol–water partition coefficient (Wildman–Crippen LogP) is 4.28. The van der Waals surface area contributed by atoms with Gasteiger partial charge in [-0.3, -0.25) is 9.88 Å². The summed E-state index contributed by atoms with van der Waals surface area (Å²) in [4.78, 5) is 6.56. The molecule has 0 radical (unpaired) electrons. The van der Waals surface area contributed by atoms with Gasteiger partial charge in [0.2, 0.25) is 11.8 Å². The van der Waals surface area contributed by atoms with Crippen LogP contribution in [0.15, 0.2) is 53.2 Å². The Morgan fingerprint density at radius 1 is 1.15 bits per heavy atom. The summed E-state index contributed by atoms with van der Waals surface area (Å²) in [5.41, 5.74) is 3.75. The van der Waals surface area contributed by atoms with Gasteiger partial charge in [-0.2, -0.15) is 0 Å². The highest BCUT2D eigenvalue weighted by Gasteiger charge is 2.22. The number of hydrogen-bond donors (Lipinski definition) is 0. The summed E-state index contributed by atoms with van der Waals surface area (Å²) in [6.45, 7) is 5.15. The van der Waals surface area contributed by atoms with Crippen molar-refractivity contribution in [3.63, 3.8) is 0 Å². The molecule has 1 aliphatic rings. The van der Waals surface area contributed by atoms with Crippen LogP contribution in [0, 0.1) is 12.8 Å². The fourth-order valence-electron chi connectivity index (χ4n) is 3.90. The Bertz CT molecular complexity index is 862. The van der Waals surface area contributed by atoms with Crippen LogP contribution in [0.1, 0.15) is 36.3 Å². The third-order valence-corrected chi connectivity index (χ3v) is 5.42. The van der Waals surface area contributed by atoms with Crippen molar-refractivity contribution in [1.82, 2.24) is 20.1 Å². The van der Waals surface area contributed by atoms with Gasteiger partial charge in [0, 0.05) is 18.9 Å². The van der Waals surface area contributed by atoms with Crippen molar-refractivity contribution < 1.29 is 4.42 Å². The number of aryl methyl sites for hydroxylation is 2. The molecule has 5 nitrogen and oxygen atoms in total. The minimum absolute atomic E-state index is 0.547. The third-order valence-electron chi connectivity index (χ3n) is 5.42. The maximum absolute atomic E-state index is 5.85. The molecule has 1 atom stereocenters. The lowest BCUT2D eigenvalue weighted by Crippen LogP contribution is -2.35. The molecule has 0 spiro atoms. The van der Waals surface area contributed by atoms with E-state index in [1.54, 1.807) is 12.4 Å².